The molecule has 5 N–H and O–H groups in total. The van der Waals surface area contributed by atoms with Gasteiger partial charge in [0.25, 0.3) is 11.8 Å². The minimum absolute atomic E-state index is 0.133. The molecule has 1 heterocycles. The van der Waals surface area contributed by atoms with Crippen molar-refractivity contribution in [2.45, 2.75) is 104 Å². The van der Waals surface area contributed by atoms with Crippen LogP contribution in [-0.4, -0.2) is 93.9 Å². The molecule has 0 aliphatic carbocycles. The summed E-state index contributed by atoms with van der Waals surface area (Å²) in [6, 6.07) is 2.69. The Balaban J connectivity index is 2.15. The summed E-state index contributed by atoms with van der Waals surface area (Å²) in [6.07, 6.45) is 1.61. The van der Waals surface area contributed by atoms with E-state index in [9.17, 15) is 38.7 Å². The smallest absolute Gasteiger partial charge is 0.306 e. The first-order valence-corrected chi connectivity index (χ1v) is 15.6. The van der Waals surface area contributed by atoms with Gasteiger partial charge in [0.05, 0.1) is 18.8 Å². The Kier molecular flexibility index (Phi) is 14.4. The lowest BCUT2D eigenvalue weighted by Gasteiger charge is -2.27. The van der Waals surface area contributed by atoms with Crippen LogP contribution in [0.5, 0.6) is 0 Å². The van der Waals surface area contributed by atoms with Gasteiger partial charge in [-0.1, -0.05) is 12.1 Å². The number of hydrogen-bond acceptors (Lipinski definition) is 10. The van der Waals surface area contributed by atoms with Crippen molar-refractivity contribution in [1.29, 1.82) is 0 Å². The largest absolute Gasteiger partial charge is 0.460 e. The molecule has 2 rings (SSSR count). The van der Waals surface area contributed by atoms with E-state index in [1.165, 1.54) is 6.92 Å². The number of carbonyl (C=O) groups excluding carboxylic acids is 7. The molecule has 0 saturated carbocycles. The lowest BCUT2D eigenvalue weighted by atomic mass is 10.1. The Hall–Kier alpha value is -4.63. The number of esters is 1. The Bertz CT molecular complexity index is 1360. The number of amides is 6. The third-order valence-corrected chi connectivity index (χ3v) is 6.64. The monoisotopic (exact) mass is 673 g/mol. The Morgan fingerprint density at radius 2 is 1.38 bits per heavy atom. The van der Waals surface area contributed by atoms with Gasteiger partial charge in [0, 0.05) is 37.2 Å². The van der Waals surface area contributed by atoms with Crippen LogP contribution in [0, 0.1) is 0 Å². The molecule has 1 aromatic rings. The average molecular weight is 674 g/mol. The van der Waals surface area contributed by atoms with Crippen LogP contribution in [-0.2, 0) is 49.6 Å². The van der Waals surface area contributed by atoms with Gasteiger partial charge in [0.2, 0.25) is 23.6 Å². The third-order valence-electron chi connectivity index (χ3n) is 6.64. The first-order valence-electron chi connectivity index (χ1n) is 15.6. The number of ether oxygens (including phenoxy) is 2. The number of nitrogens with zero attached hydrogens (tertiary/aromatic N) is 1. The molecule has 0 radical (unpaired) electrons. The molecule has 1 aromatic carbocycles. The molecule has 0 aromatic heterocycles. The fourth-order valence-electron chi connectivity index (χ4n) is 4.18. The highest BCUT2D eigenvalue weighted by Gasteiger charge is 2.31. The maximum absolute atomic E-state index is 13.6. The molecule has 0 fully saturated rings. The van der Waals surface area contributed by atoms with Crippen molar-refractivity contribution in [3.8, 4) is 0 Å². The molecule has 0 unspecified atom stereocenters. The van der Waals surface area contributed by atoms with Crippen molar-refractivity contribution in [3.05, 3.63) is 42.0 Å². The Morgan fingerprint density at radius 3 is 1.92 bits per heavy atom. The zero-order valence-electron chi connectivity index (χ0n) is 28.5. The Labute approximate surface area is 280 Å². The molecule has 48 heavy (non-hydrogen) atoms. The van der Waals surface area contributed by atoms with Gasteiger partial charge in [-0.05, 0) is 72.6 Å². The average Bonchev–Trinajstić information content (AvgIpc) is 3.31. The number of aliphatic hydroxyl groups excluding tert-OH is 1. The van der Waals surface area contributed by atoms with Crippen LogP contribution in [0.3, 0.4) is 0 Å². The standard InChI is InChI=1S/C33H47N5O10/c1-20(34-25(40)16-17-38-26(41)13-14-27(38)42)29(44)37-24(19-47-32(2,3)4)31(46)36-23(12-15-28(43)48-33(5,6)7)30(45)35-22-10-8-21(18-39)9-11-22/h8-11,13-14,20,23-24,39H,12,15-19H2,1-7H3,(H,34,40)(H,35,45)(H,36,46)(H,37,44)/t20-,23-,24-/m0/s1. The number of aliphatic hydroxyl groups is 1. The van der Waals surface area contributed by atoms with Crippen molar-refractivity contribution < 1.29 is 48.1 Å². The normalized spacial score (nSPS) is 15.0. The minimum Gasteiger partial charge on any atom is -0.460 e. The SMILES string of the molecule is C[C@H](NC(=O)CCN1C(=O)C=CC1=O)C(=O)N[C@@H](COC(C)(C)C)C(=O)N[C@@H](CCC(=O)OC(C)(C)C)C(=O)Nc1ccc(CO)cc1. The van der Waals surface area contributed by atoms with Crippen LogP contribution in [0.4, 0.5) is 5.69 Å². The van der Waals surface area contributed by atoms with Gasteiger partial charge in [-0.3, -0.25) is 38.5 Å². The van der Waals surface area contributed by atoms with E-state index in [0.717, 1.165) is 17.1 Å². The summed E-state index contributed by atoms with van der Waals surface area (Å²) < 4.78 is 11.1. The summed E-state index contributed by atoms with van der Waals surface area (Å²) in [6.45, 7) is 11.1. The number of anilines is 1. The number of nitrogens with one attached hydrogen (secondary N) is 4. The molecule has 1 aliphatic heterocycles. The first-order chi connectivity index (χ1) is 22.3. The molecule has 1 aliphatic rings. The van der Waals surface area contributed by atoms with E-state index in [1.807, 2.05) is 0 Å². The fourth-order valence-corrected chi connectivity index (χ4v) is 4.18. The van der Waals surface area contributed by atoms with Crippen molar-refractivity contribution in [2.24, 2.45) is 0 Å². The topological polar surface area (TPSA) is 210 Å². The van der Waals surface area contributed by atoms with Gasteiger partial charge < -0.3 is 35.8 Å². The zero-order chi connectivity index (χ0) is 36.2. The second-order valence-corrected chi connectivity index (χ2v) is 13.2. The van der Waals surface area contributed by atoms with E-state index in [2.05, 4.69) is 21.3 Å². The number of imide groups is 1. The summed E-state index contributed by atoms with van der Waals surface area (Å²) in [5.74, 6) is -4.44. The van der Waals surface area contributed by atoms with Crippen LogP contribution in [0.15, 0.2) is 36.4 Å². The van der Waals surface area contributed by atoms with Crippen molar-refractivity contribution >= 4 is 47.1 Å². The molecule has 6 amide bonds. The maximum atomic E-state index is 13.6. The summed E-state index contributed by atoms with van der Waals surface area (Å²) in [7, 11) is 0. The molecule has 15 nitrogen and oxygen atoms in total. The predicted octanol–water partition coefficient (Wildman–Crippen LogP) is 0.844. The van der Waals surface area contributed by atoms with Crippen molar-refractivity contribution in [3.63, 3.8) is 0 Å². The number of hydrogen-bond donors (Lipinski definition) is 5. The maximum Gasteiger partial charge on any atom is 0.306 e. The van der Waals surface area contributed by atoms with Crippen LogP contribution in [0.2, 0.25) is 0 Å². The number of benzene rings is 1. The lowest BCUT2D eigenvalue weighted by molar-refractivity contribution is -0.155. The van der Waals surface area contributed by atoms with Gasteiger partial charge >= 0.3 is 5.97 Å². The lowest BCUT2D eigenvalue weighted by Crippen LogP contribution is -2.57. The number of rotatable bonds is 16. The summed E-state index contributed by atoms with van der Waals surface area (Å²) in [4.78, 5) is 89.3. The highest BCUT2D eigenvalue weighted by molar-refractivity contribution is 6.13. The quantitative estimate of drug-likeness (QED) is 0.123. The second-order valence-electron chi connectivity index (χ2n) is 13.2. The van der Waals surface area contributed by atoms with Gasteiger partial charge in [0.15, 0.2) is 0 Å². The zero-order valence-corrected chi connectivity index (χ0v) is 28.5. The van der Waals surface area contributed by atoms with Gasteiger partial charge in [0.1, 0.15) is 23.7 Å². The van der Waals surface area contributed by atoms with E-state index >= 15 is 0 Å². The molecular weight excluding hydrogens is 626 g/mol. The highest BCUT2D eigenvalue weighted by Crippen LogP contribution is 2.14. The van der Waals surface area contributed by atoms with Crippen LogP contribution < -0.4 is 21.3 Å². The second kappa shape index (κ2) is 17.5. The molecule has 264 valence electrons. The van der Waals surface area contributed by atoms with E-state index in [-0.39, 0.29) is 39.0 Å². The van der Waals surface area contributed by atoms with E-state index in [0.29, 0.717) is 11.3 Å². The summed E-state index contributed by atoms with van der Waals surface area (Å²) in [5, 5.41) is 19.6. The molecule has 0 spiro atoms. The first kappa shape index (κ1) is 39.5. The van der Waals surface area contributed by atoms with Crippen LogP contribution >= 0.6 is 0 Å². The summed E-state index contributed by atoms with van der Waals surface area (Å²) >= 11 is 0. The van der Waals surface area contributed by atoms with Crippen LogP contribution in [0.1, 0.15) is 73.3 Å². The highest BCUT2D eigenvalue weighted by atomic mass is 16.6. The van der Waals surface area contributed by atoms with Crippen LogP contribution in [0.25, 0.3) is 0 Å². The van der Waals surface area contributed by atoms with E-state index in [4.69, 9.17) is 9.47 Å². The van der Waals surface area contributed by atoms with E-state index < -0.39 is 70.7 Å². The predicted molar refractivity (Wildman–Crippen MR) is 174 cm³/mol. The third kappa shape index (κ3) is 14.0. The van der Waals surface area contributed by atoms with Crippen molar-refractivity contribution in [2.75, 3.05) is 18.5 Å². The molecular formula is C33H47N5O10. The molecule has 3 atom stereocenters. The van der Waals surface area contributed by atoms with Gasteiger partial charge in [-0.2, -0.15) is 0 Å². The Morgan fingerprint density at radius 1 is 0.792 bits per heavy atom. The van der Waals surface area contributed by atoms with Crippen molar-refractivity contribution in [1.82, 2.24) is 20.9 Å². The van der Waals surface area contributed by atoms with E-state index in [1.54, 1.807) is 65.8 Å². The molecule has 0 saturated heterocycles. The van der Waals surface area contributed by atoms with Gasteiger partial charge in [-0.25, -0.2) is 0 Å². The molecule has 15 heteroatoms. The molecule has 0 bridgehead atoms. The number of carbonyl (C=O) groups is 7. The fraction of sp³-hybridized carbons (Fsp3) is 0.545. The summed E-state index contributed by atoms with van der Waals surface area (Å²) in [5.41, 5.74) is -0.469. The van der Waals surface area contributed by atoms with Gasteiger partial charge in [-0.15, -0.1) is 0 Å². The minimum atomic E-state index is -1.32.